The fourth-order valence-electron chi connectivity index (χ4n) is 4.05. The number of hydrogen-bond donors (Lipinski definition) is 3. The predicted octanol–water partition coefficient (Wildman–Crippen LogP) is 2.37. The van der Waals surface area contributed by atoms with Crippen molar-refractivity contribution in [3.63, 3.8) is 0 Å². The standard InChI is InChI=1S/C21H22ClFO5/c1-12-18(25)19(26)21(27-11-20(12,10-24)28-21)15-4-7-17(23)14(9-15)8-13-2-5-16(22)6-3-13/h2-7,9,12,18-19,24-26H,8,10-11H2,1H3/t12-,18-,19+,20-,21-/m0/s1. The monoisotopic (exact) mass is 408 g/mol. The van der Waals surface area contributed by atoms with Gasteiger partial charge in [0.05, 0.1) is 19.3 Å². The molecule has 2 bridgehead atoms. The van der Waals surface area contributed by atoms with E-state index in [2.05, 4.69) is 0 Å². The summed E-state index contributed by atoms with van der Waals surface area (Å²) < 4.78 is 26.3. The highest BCUT2D eigenvalue weighted by Gasteiger charge is 2.65. The SMILES string of the molecule is C[C@H]1[C@H](O)[C@@H](O)[C@@]2(c3ccc(F)c(Cc4ccc(Cl)cc4)c3)OC[C@]1(CO)O2. The molecule has 0 aromatic heterocycles. The Labute approximate surface area is 167 Å². The first-order chi connectivity index (χ1) is 13.3. The molecular formula is C21H22ClFO5. The van der Waals surface area contributed by atoms with Gasteiger partial charge in [-0.15, -0.1) is 0 Å². The summed E-state index contributed by atoms with van der Waals surface area (Å²) in [6.45, 7) is 1.35. The second-order valence-electron chi connectivity index (χ2n) is 7.61. The Morgan fingerprint density at radius 3 is 2.57 bits per heavy atom. The molecule has 0 amide bonds. The largest absolute Gasteiger partial charge is 0.393 e. The van der Waals surface area contributed by atoms with Gasteiger partial charge >= 0.3 is 0 Å². The zero-order chi connectivity index (χ0) is 20.1. The second-order valence-corrected chi connectivity index (χ2v) is 8.05. The van der Waals surface area contributed by atoms with E-state index in [1.165, 1.54) is 12.1 Å². The first kappa shape index (κ1) is 19.8. The van der Waals surface area contributed by atoms with E-state index in [0.717, 1.165) is 5.56 Å². The van der Waals surface area contributed by atoms with Crippen LogP contribution in [0, 0.1) is 11.7 Å². The number of rotatable bonds is 4. The number of fused-ring (bicyclic) bond motifs is 2. The average Bonchev–Trinajstić information content (AvgIpc) is 3.08. The lowest BCUT2D eigenvalue weighted by Crippen LogP contribution is -2.61. The Hall–Kier alpha value is -1.54. The van der Waals surface area contributed by atoms with E-state index in [0.29, 0.717) is 22.6 Å². The smallest absolute Gasteiger partial charge is 0.225 e. The van der Waals surface area contributed by atoms with Crippen LogP contribution >= 0.6 is 11.6 Å². The maximum Gasteiger partial charge on any atom is 0.225 e. The lowest BCUT2D eigenvalue weighted by molar-refractivity contribution is -0.318. The molecule has 2 aliphatic heterocycles. The van der Waals surface area contributed by atoms with E-state index in [1.807, 2.05) is 12.1 Å². The minimum absolute atomic E-state index is 0.0165. The van der Waals surface area contributed by atoms with Gasteiger partial charge in [0, 0.05) is 22.9 Å². The van der Waals surface area contributed by atoms with Gasteiger partial charge in [-0.1, -0.05) is 36.7 Å². The van der Waals surface area contributed by atoms with E-state index < -0.39 is 35.3 Å². The molecule has 5 atom stereocenters. The molecule has 0 unspecified atom stereocenters. The zero-order valence-corrected chi connectivity index (χ0v) is 16.1. The van der Waals surface area contributed by atoms with Crippen molar-refractivity contribution in [1.82, 2.24) is 0 Å². The van der Waals surface area contributed by atoms with Gasteiger partial charge < -0.3 is 24.8 Å². The summed E-state index contributed by atoms with van der Waals surface area (Å²) in [5.41, 5.74) is 0.534. The van der Waals surface area contributed by atoms with Crippen molar-refractivity contribution >= 4 is 11.6 Å². The van der Waals surface area contributed by atoms with Crippen LogP contribution < -0.4 is 0 Å². The number of aliphatic hydroxyl groups excluding tert-OH is 3. The molecule has 7 heteroatoms. The Kier molecular flexibility index (Phi) is 4.98. The maximum absolute atomic E-state index is 14.5. The molecule has 0 aliphatic carbocycles. The van der Waals surface area contributed by atoms with Crippen LogP contribution in [0.2, 0.25) is 5.02 Å². The highest BCUT2D eigenvalue weighted by Crippen LogP contribution is 2.51. The van der Waals surface area contributed by atoms with Crippen LogP contribution in [0.25, 0.3) is 0 Å². The van der Waals surface area contributed by atoms with Crippen molar-refractivity contribution in [2.75, 3.05) is 13.2 Å². The van der Waals surface area contributed by atoms with Crippen molar-refractivity contribution in [3.8, 4) is 0 Å². The van der Waals surface area contributed by atoms with Gasteiger partial charge in [-0.25, -0.2) is 4.39 Å². The second kappa shape index (κ2) is 7.06. The van der Waals surface area contributed by atoms with Crippen molar-refractivity contribution < 1.29 is 29.2 Å². The molecule has 2 aromatic rings. The Balaban J connectivity index is 1.72. The molecule has 2 saturated heterocycles. The normalized spacial score (nSPS) is 34.6. The predicted molar refractivity (Wildman–Crippen MR) is 100 cm³/mol. The summed E-state index contributed by atoms with van der Waals surface area (Å²) in [5, 5.41) is 31.7. The minimum atomic E-state index is -1.66. The van der Waals surface area contributed by atoms with Crippen molar-refractivity contribution in [3.05, 3.63) is 70.0 Å². The van der Waals surface area contributed by atoms with Crippen molar-refractivity contribution in [2.45, 2.75) is 36.9 Å². The summed E-state index contributed by atoms with van der Waals surface area (Å²) >= 11 is 5.90. The zero-order valence-electron chi connectivity index (χ0n) is 15.3. The highest BCUT2D eigenvalue weighted by molar-refractivity contribution is 6.30. The van der Waals surface area contributed by atoms with Crippen molar-refractivity contribution in [2.24, 2.45) is 5.92 Å². The molecule has 2 aliphatic rings. The molecule has 0 radical (unpaired) electrons. The molecule has 5 nitrogen and oxygen atoms in total. The summed E-state index contributed by atoms with van der Waals surface area (Å²) in [7, 11) is 0. The first-order valence-electron chi connectivity index (χ1n) is 9.16. The summed E-state index contributed by atoms with van der Waals surface area (Å²) in [6.07, 6.45) is -2.22. The Morgan fingerprint density at radius 1 is 1.18 bits per heavy atom. The number of halogens is 2. The third-order valence-electron chi connectivity index (χ3n) is 5.96. The van der Waals surface area contributed by atoms with E-state index >= 15 is 0 Å². The fourth-order valence-corrected chi connectivity index (χ4v) is 4.18. The Bertz CT molecular complexity index is 876. The van der Waals surface area contributed by atoms with Crippen LogP contribution in [-0.2, 0) is 21.7 Å². The summed E-state index contributed by atoms with van der Waals surface area (Å²) in [4.78, 5) is 0. The molecular weight excluding hydrogens is 387 g/mol. The van der Waals surface area contributed by atoms with Gasteiger partial charge in [-0.05, 0) is 35.4 Å². The first-order valence-corrected chi connectivity index (χ1v) is 9.53. The molecule has 0 spiro atoms. The third-order valence-corrected chi connectivity index (χ3v) is 6.22. The van der Waals surface area contributed by atoms with Gasteiger partial charge in [0.15, 0.2) is 0 Å². The van der Waals surface area contributed by atoms with Gasteiger partial charge in [0.1, 0.15) is 17.5 Å². The lowest BCUT2D eigenvalue weighted by atomic mass is 9.78. The average molecular weight is 409 g/mol. The topological polar surface area (TPSA) is 79.2 Å². The maximum atomic E-state index is 14.5. The van der Waals surface area contributed by atoms with Gasteiger partial charge in [-0.3, -0.25) is 0 Å². The van der Waals surface area contributed by atoms with E-state index in [9.17, 15) is 19.7 Å². The fraction of sp³-hybridized carbons (Fsp3) is 0.429. The highest BCUT2D eigenvalue weighted by atomic mass is 35.5. The number of aliphatic hydroxyl groups is 3. The van der Waals surface area contributed by atoms with Crippen LogP contribution in [0.15, 0.2) is 42.5 Å². The van der Waals surface area contributed by atoms with Gasteiger partial charge in [0.2, 0.25) is 5.79 Å². The van der Waals surface area contributed by atoms with Gasteiger partial charge in [-0.2, -0.15) is 0 Å². The number of hydrogen-bond acceptors (Lipinski definition) is 5. The molecule has 28 heavy (non-hydrogen) atoms. The molecule has 2 fully saturated rings. The van der Waals surface area contributed by atoms with E-state index in [-0.39, 0.29) is 13.2 Å². The van der Waals surface area contributed by atoms with E-state index in [1.54, 1.807) is 25.1 Å². The molecule has 3 N–H and O–H groups in total. The van der Waals surface area contributed by atoms with Gasteiger partial charge in [0.25, 0.3) is 0 Å². The number of ether oxygens (including phenoxy) is 2. The van der Waals surface area contributed by atoms with Crippen LogP contribution in [0.4, 0.5) is 4.39 Å². The lowest BCUT2D eigenvalue weighted by Gasteiger charge is -2.47. The molecule has 0 saturated carbocycles. The van der Waals surface area contributed by atoms with Crippen LogP contribution in [0.1, 0.15) is 23.6 Å². The molecule has 2 heterocycles. The quantitative estimate of drug-likeness (QED) is 0.724. The van der Waals surface area contributed by atoms with E-state index in [4.69, 9.17) is 21.1 Å². The molecule has 150 valence electrons. The summed E-state index contributed by atoms with van der Waals surface area (Å²) in [5.74, 6) is -2.59. The number of benzene rings is 2. The molecule has 4 rings (SSSR count). The van der Waals surface area contributed by atoms with Crippen molar-refractivity contribution in [1.29, 1.82) is 0 Å². The van der Waals surface area contributed by atoms with Crippen LogP contribution in [-0.4, -0.2) is 46.3 Å². The van der Waals surface area contributed by atoms with Crippen LogP contribution in [0.3, 0.4) is 0 Å². The molecule has 2 aromatic carbocycles. The third kappa shape index (κ3) is 2.96. The van der Waals surface area contributed by atoms with Crippen LogP contribution in [0.5, 0.6) is 0 Å². The summed E-state index contributed by atoms with van der Waals surface area (Å²) in [6, 6.07) is 11.4. The minimum Gasteiger partial charge on any atom is -0.393 e. The Morgan fingerprint density at radius 2 is 1.89 bits per heavy atom.